The highest BCUT2D eigenvalue weighted by molar-refractivity contribution is 5.92. The molecule has 7 rings (SSSR count). The van der Waals surface area contributed by atoms with Gasteiger partial charge in [-0.2, -0.15) is 4.39 Å². The number of benzene rings is 1. The Balaban J connectivity index is 1.45. The normalized spacial score (nSPS) is 23.8. The summed E-state index contributed by atoms with van der Waals surface area (Å²) in [6.07, 6.45) is 5.75. The third-order valence-electron chi connectivity index (χ3n) is 7.36. The maximum atomic E-state index is 13.6. The van der Waals surface area contributed by atoms with Gasteiger partial charge >= 0.3 is 5.97 Å². The van der Waals surface area contributed by atoms with Gasteiger partial charge in [-0.3, -0.25) is 4.79 Å². The van der Waals surface area contributed by atoms with Gasteiger partial charge in [-0.1, -0.05) is 30.3 Å². The minimum absolute atomic E-state index is 0.171. The molecule has 0 aliphatic heterocycles. The first-order valence-corrected chi connectivity index (χ1v) is 11.6. The number of aromatic nitrogens is 4. The Morgan fingerprint density at radius 3 is 2.53 bits per heavy atom. The Hall–Kier alpha value is -3.81. The van der Waals surface area contributed by atoms with E-state index in [1.54, 1.807) is 12.3 Å². The van der Waals surface area contributed by atoms with Crippen LogP contribution >= 0.6 is 0 Å². The van der Waals surface area contributed by atoms with Crippen LogP contribution in [-0.2, 0) is 4.79 Å². The molecule has 3 fully saturated rings. The number of anilines is 1. The average Bonchev–Trinajstić information content (AvgIpc) is 3.28. The van der Waals surface area contributed by atoms with Gasteiger partial charge in [0.1, 0.15) is 11.5 Å². The van der Waals surface area contributed by atoms with E-state index in [-0.39, 0.29) is 12.0 Å². The smallest absolute Gasteiger partial charge is 0.308 e. The largest absolute Gasteiger partial charge is 0.481 e. The molecule has 8 heteroatoms. The molecule has 3 saturated carbocycles. The molecule has 7 nitrogen and oxygen atoms in total. The summed E-state index contributed by atoms with van der Waals surface area (Å²) in [5, 5.41) is 14.2. The molecule has 0 unspecified atom stereocenters. The molecule has 2 atom stereocenters. The fraction of sp³-hybridized carbons (Fsp3) is 0.308. The van der Waals surface area contributed by atoms with Crippen LogP contribution in [0.3, 0.4) is 0 Å². The van der Waals surface area contributed by atoms with Crippen molar-refractivity contribution >= 4 is 22.8 Å². The predicted molar refractivity (Wildman–Crippen MR) is 126 cm³/mol. The van der Waals surface area contributed by atoms with Crippen LogP contribution in [0.5, 0.6) is 0 Å². The van der Waals surface area contributed by atoms with E-state index in [2.05, 4.69) is 15.3 Å². The summed E-state index contributed by atoms with van der Waals surface area (Å²) in [6.45, 7) is 0. The second kappa shape index (κ2) is 8.20. The molecular formula is C26H24FN5O2. The van der Waals surface area contributed by atoms with Gasteiger partial charge in [0.25, 0.3) is 0 Å². The lowest BCUT2D eigenvalue weighted by atomic mass is 9.61. The lowest BCUT2D eigenvalue weighted by molar-refractivity contribution is -0.148. The Bertz CT molecular complexity index is 1360. The molecule has 0 radical (unpaired) electrons. The van der Waals surface area contributed by atoms with Crippen molar-refractivity contribution < 1.29 is 14.3 Å². The van der Waals surface area contributed by atoms with Crippen LogP contribution in [0, 0.1) is 23.7 Å². The number of fused-ring (bicyclic) bond motifs is 4. The molecule has 34 heavy (non-hydrogen) atoms. The van der Waals surface area contributed by atoms with Gasteiger partial charge in [-0.05, 0) is 49.7 Å². The first kappa shape index (κ1) is 20.8. The van der Waals surface area contributed by atoms with Crippen molar-refractivity contribution in [1.82, 2.24) is 19.9 Å². The first-order chi connectivity index (χ1) is 16.6. The Labute approximate surface area is 195 Å². The van der Waals surface area contributed by atoms with Crippen LogP contribution in [0.4, 0.5) is 10.2 Å². The number of carbonyl (C=O) groups is 1. The molecule has 0 spiro atoms. The average molecular weight is 458 g/mol. The van der Waals surface area contributed by atoms with Gasteiger partial charge in [0.2, 0.25) is 5.95 Å². The van der Waals surface area contributed by atoms with E-state index in [0.717, 1.165) is 42.3 Å². The van der Waals surface area contributed by atoms with E-state index in [4.69, 9.17) is 9.97 Å². The van der Waals surface area contributed by atoms with Crippen LogP contribution in [0.25, 0.3) is 33.7 Å². The van der Waals surface area contributed by atoms with Crippen LogP contribution < -0.4 is 5.32 Å². The van der Waals surface area contributed by atoms with E-state index in [0.29, 0.717) is 28.8 Å². The zero-order chi connectivity index (χ0) is 23.2. The van der Waals surface area contributed by atoms with Gasteiger partial charge in [-0.15, -0.1) is 0 Å². The molecule has 4 aromatic rings. The van der Waals surface area contributed by atoms with E-state index >= 15 is 0 Å². The molecule has 0 saturated heterocycles. The van der Waals surface area contributed by atoms with Crippen molar-refractivity contribution in [3.63, 3.8) is 0 Å². The molecule has 3 heterocycles. The van der Waals surface area contributed by atoms with Crippen molar-refractivity contribution in [2.75, 3.05) is 5.32 Å². The fourth-order valence-corrected chi connectivity index (χ4v) is 5.75. The van der Waals surface area contributed by atoms with Gasteiger partial charge in [0, 0.05) is 34.8 Å². The highest BCUT2D eigenvalue weighted by Gasteiger charge is 2.47. The molecule has 2 bridgehead atoms. The SMILES string of the molecule is O=C(O)[C@H]1C2CCC(CC2)[C@@H]1Nc1cc(-c2ccccc2)nc(-c2c[nH]c3nc(F)ccc23)n1. The fourth-order valence-electron chi connectivity index (χ4n) is 5.75. The van der Waals surface area contributed by atoms with E-state index < -0.39 is 17.8 Å². The lowest BCUT2D eigenvalue weighted by Gasteiger charge is -2.47. The van der Waals surface area contributed by atoms with Crippen LogP contribution in [0.15, 0.2) is 54.7 Å². The number of halogens is 1. The molecule has 3 aliphatic carbocycles. The van der Waals surface area contributed by atoms with Crippen LogP contribution in [0.2, 0.25) is 0 Å². The van der Waals surface area contributed by atoms with E-state index in [1.165, 1.54) is 6.07 Å². The number of hydrogen-bond donors (Lipinski definition) is 3. The number of hydrogen-bond acceptors (Lipinski definition) is 5. The Morgan fingerprint density at radius 2 is 1.76 bits per heavy atom. The predicted octanol–water partition coefficient (Wildman–Crippen LogP) is 5.13. The molecule has 3 aromatic heterocycles. The lowest BCUT2D eigenvalue weighted by Crippen LogP contribution is -2.51. The Morgan fingerprint density at radius 1 is 1.00 bits per heavy atom. The zero-order valence-corrected chi connectivity index (χ0v) is 18.4. The van der Waals surface area contributed by atoms with Gasteiger partial charge in [0.15, 0.2) is 5.82 Å². The second-order valence-corrected chi connectivity index (χ2v) is 9.27. The number of nitrogens with one attached hydrogen (secondary N) is 2. The standard InChI is InChI=1S/C26H24FN5O2/c27-20-11-10-17-18(13-28-24(17)30-20)25-29-19(14-4-2-1-3-5-14)12-21(32-25)31-23-16-8-6-15(7-9-16)22(23)26(33)34/h1-5,10-13,15-16,22-23H,6-9H2,(H,28,30)(H,33,34)(H,29,31,32)/t15?,16?,22-,23-/m0/s1. The van der Waals surface area contributed by atoms with Crippen LogP contribution in [-0.4, -0.2) is 37.1 Å². The van der Waals surface area contributed by atoms with Crippen molar-refractivity contribution in [3.8, 4) is 22.6 Å². The minimum atomic E-state index is -0.741. The third kappa shape index (κ3) is 3.59. The molecule has 0 amide bonds. The van der Waals surface area contributed by atoms with Crippen molar-refractivity contribution in [2.24, 2.45) is 17.8 Å². The second-order valence-electron chi connectivity index (χ2n) is 9.27. The summed E-state index contributed by atoms with van der Waals surface area (Å²) in [5.41, 5.74) is 2.79. The number of carboxylic acid groups (broad SMARTS) is 1. The van der Waals surface area contributed by atoms with Gasteiger partial charge in [-0.25, -0.2) is 15.0 Å². The molecular weight excluding hydrogens is 433 g/mol. The zero-order valence-electron chi connectivity index (χ0n) is 18.4. The number of H-pyrrole nitrogens is 1. The summed E-state index contributed by atoms with van der Waals surface area (Å²) in [7, 11) is 0. The minimum Gasteiger partial charge on any atom is -0.481 e. The van der Waals surface area contributed by atoms with Gasteiger partial charge < -0.3 is 15.4 Å². The summed E-state index contributed by atoms with van der Waals surface area (Å²) in [4.78, 5) is 28.7. The topological polar surface area (TPSA) is 104 Å². The van der Waals surface area contributed by atoms with E-state index in [9.17, 15) is 14.3 Å². The van der Waals surface area contributed by atoms with E-state index in [1.807, 2.05) is 36.4 Å². The summed E-state index contributed by atoms with van der Waals surface area (Å²) in [6, 6.07) is 14.5. The molecule has 1 aromatic carbocycles. The molecule has 3 aliphatic rings. The Kier molecular flexibility index (Phi) is 5.01. The number of aliphatic carboxylic acids is 1. The summed E-state index contributed by atoms with van der Waals surface area (Å²) in [5.74, 6) is -0.155. The number of carboxylic acids is 1. The monoisotopic (exact) mass is 457 g/mol. The van der Waals surface area contributed by atoms with Gasteiger partial charge in [0.05, 0.1) is 11.6 Å². The third-order valence-corrected chi connectivity index (χ3v) is 7.36. The number of aromatic amines is 1. The number of rotatable bonds is 5. The van der Waals surface area contributed by atoms with Crippen LogP contribution in [0.1, 0.15) is 25.7 Å². The highest BCUT2D eigenvalue weighted by atomic mass is 19.1. The van der Waals surface area contributed by atoms with Crippen molar-refractivity contribution in [1.29, 1.82) is 0 Å². The highest BCUT2D eigenvalue weighted by Crippen LogP contribution is 2.46. The van der Waals surface area contributed by atoms with Crippen molar-refractivity contribution in [3.05, 3.63) is 60.7 Å². The molecule has 172 valence electrons. The van der Waals surface area contributed by atoms with Crippen molar-refractivity contribution in [2.45, 2.75) is 31.7 Å². The summed E-state index contributed by atoms with van der Waals surface area (Å²) < 4.78 is 13.6. The molecule has 3 N–H and O–H groups in total. The maximum Gasteiger partial charge on any atom is 0.308 e. The number of pyridine rings is 1. The summed E-state index contributed by atoms with van der Waals surface area (Å²) >= 11 is 0. The quantitative estimate of drug-likeness (QED) is 0.359. The maximum absolute atomic E-state index is 13.6. The first-order valence-electron chi connectivity index (χ1n) is 11.6. The number of nitrogens with zero attached hydrogens (tertiary/aromatic N) is 3.